The van der Waals surface area contributed by atoms with Gasteiger partial charge < -0.3 is 0 Å². The van der Waals surface area contributed by atoms with Gasteiger partial charge in [-0.25, -0.2) is 0 Å². The smallest absolute Gasteiger partial charge is 0.0705 e. The number of fused-ring (bicyclic) bond motifs is 1. The Balaban J connectivity index is 2.12. The van der Waals surface area contributed by atoms with E-state index in [1.807, 2.05) is 6.20 Å². The Kier molecular flexibility index (Phi) is 3.32. The highest BCUT2D eigenvalue weighted by Gasteiger charge is 2.35. The highest BCUT2D eigenvalue weighted by Crippen LogP contribution is 2.48. The van der Waals surface area contributed by atoms with Crippen LogP contribution in [0.2, 0.25) is 0 Å². The molecule has 0 saturated heterocycles. The molecule has 0 spiro atoms. The Bertz CT molecular complexity index is 778. The normalized spacial score (nSPS) is 16.2. The average molecular weight is 289 g/mol. The van der Waals surface area contributed by atoms with Gasteiger partial charge in [0.1, 0.15) is 0 Å². The summed E-state index contributed by atoms with van der Waals surface area (Å²) in [6.07, 6.45) is 1.90. The zero-order chi connectivity index (χ0) is 16.1. The minimum atomic E-state index is -0.0296. The van der Waals surface area contributed by atoms with Crippen molar-refractivity contribution in [2.24, 2.45) is 0 Å². The summed E-state index contributed by atoms with van der Waals surface area (Å²) in [5, 5.41) is 0. The average Bonchev–Trinajstić information content (AvgIpc) is 2.68. The van der Waals surface area contributed by atoms with Crippen molar-refractivity contribution < 1.29 is 0 Å². The van der Waals surface area contributed by atoms with Crippen LogP contribution < -0.4 is 0 Å². The van der Waals surface area contributed by atoms with Gasteiger partial charge in [-0.2, -0.15) is 0 Å². The first kappa shape index (κ1) is 14.8. The van der Waals surface area contributed by atoms with Crippen LogP contribution in [0.1, 0.15) is 50.3 Å². The molecule has 1 heteroatoms. The highest BCUT2D eigenvalue weighted by molar-refractivity contribution is 5.89. The molecule has 0 aliphatic heterocycles. The molecule has 1 aromatic heterocycles. The molecule has 1 heterocycles. The number of allylic oxidation sites excluding steroid dienone is 2. The van der Waals surface area contributed by atoms with Gasteiger partial charge in [0.2, 0.25) is 0 Å². The minimum absolute atomic E-state index is 0.0296. The number of hydrogen-bond donors (Lipinski definition) is 0. The Morgan fingerprint density at radius 3 is 2.45 bits per heavy atom. The summed E-state index contributed by atoms with van der Waals surface area (Å²) in [5.41, 5.74) is 8.15. The second-order valence-corrected chi connectivity index (χ2v) is 6.97. The van der Waals surface area contributed by atoms with Crippen LogP contribution in [0.3, 0.4) is 0 Å². The summed E-state index contributed by atoms with van der Waals surface area (Å²) in [4.78, 5) is 4.55. The van der Waals surface area contributed by atoms with Crippen molar-refractivity contribution in [3.63, 3.8) is 0 Å². The molecular formula is C21H23N. The molecule has 1 aromatic carbocycles. The highest BCUT2D eigenvalue weighted by atomic mass is 14.7. The van der Waals surface area contributed by atoms with Gasteiger partial charge in [-0.3, -0.25) is 4.98 Å². The zero-order valence-electron chi connectivity index (χ0n) is 13.9. The third kappa shape index (κ3) is 2.12. The monoisotopic (exact) mass is 289 g/mol. The quantitative estimate of drug-likeness (QED) is 0.687. The molecule has 0 amide bonds. The molecule has 1 nitrogen and oxygen atoms in total. The molecule has 0 fully saturated rings. The standard InChI is InChI=1S/C21H23N/c1-13(2)16-9-10-22-20(12-16)17-7-8-19-18(11-17)14(3)15(4)21(19,5)6/h7-13H,3-4H2,1-2,5-6H3. The van der Waals surface area contributed by atoms with Gasteiger partial charge in [0.05, 0.1) is 5.69 Å². The molecule has 1 aliphatic carbocycles. The van der Waals surface area contributed by atoms with Gasteiger partial charge in [0, 0.05) is 17.2 Å². The van der Waals surface area contributed by atoms with E-state index in [0.29, 0.717) is 5.92 Å². The maximum Gasteiger partial charge on any atom is 0.0705 e. The number of aromatic nitrogens is 1. The number of nitrogens with zero attached hydrogens (tertiary/aromatic N) is 1. The van der Waals surface area contributed by atoms with E-state index >= 15 is 0 Å². The number of hydrogen-bond acceptors (Lipinski definition) is 1. The molecule has 22 heavy (non-hydrogen) atoms. The van der Waals surface area contributed by atoms with Crippen LogP contribution in [-0.2, 0) is 5.41 Å². The predicted octanol–water partition coefficient (Wildman–Crippen LogP) is 5.73. The van der Waals surface area contributed by atoms with Crippen LogP contribution in [0.15, 0.2) is 55.3 Å². The summed E-state index contributed by atoms with van der Waals surface area (Å²) in [7, 11) is 0. The Morgan fingerprint density at radius 2 is 1.77 bits per heavy atom. The van der Waals surface area contributed by atoms with Crippen molar-refractivity contribution in [1.82, 2.24) is 4.98 Å². The first-order valence-corrected chi connectivity index (χ1v) is 7.82. The van der Waals surface area contributed by atoms with Gasteiger partial charge in [-0.1, -0.05) is 53.0 Å². The topological polar surface area (TPSA) is 12.9 Å². The predicted molar refractivity (Wildman–Crippen MR) is 95.0 cm³/mol. The Morgan fingerprint density at radius 1 is 1.05 bits per heavy atom. The molecule has 0 N–H and O–H groups in total. The van der Waals surface area contributed by atoms with Crippen molar-refractivity contribution in [2.45, 2.75) is 39.0 Å². The fourth-order valence-electron chi connectivity index (χ4n) is 3.16. The Labute approximate surface area is 133 Å². The van der Waals surface area contributed by atoms with Gasteiger partial charge in [-0.05, 0) is 52.0 Å². The largest absolute Gasteiger partial charge is 0.256 e. The molecule has 2 aromatic rings. The van der Waals surface area contributed by atoms with Gasteiger partial charge in [0.25, 0.3) is 0 Å². The third-order valence-electron chi connectivity index (χ3n) is 4.88. The third-order valence-corrected chi connectivity index (χ3v) is 4.88. The van der Waals surface area contributed by atoms with Crippen molar-refractivity contribution in [2.75, 3.05) is 0 Å². The van der Waals surface area contributed by atoms with Crippen LogP contribution >= 0.6 is 0 Å². The molecule has 0 atom stereocenters. The number of benzene rings is 1. The second kappa shape index (κ2) is 4.95. The van der Waals surface area contributed by atoms with Crippen LogP contribution in [0.5, 0.6) is 0 Å². The Hall–Kier alpha value is -2.15. The maximum atomic E-state index is 4.55. The van der Waals surface area contributed by atoms with E-state index in [1.165, 1.54) is 16.7 Å². The van der Waals surface area contributed by atoms with Crippen molar-refractivity contribution in [1.29, 1.82) is 0 Å². The van der Waals surface area contributed by atoms with E-state index in [4.69, 9.17) is 0 Å². The molecule has 0 unspecified atom stereocenters. The lowest BCUT2D eigenvalue weighted by molar-refractivity contribution is 0.663. The lowest BCUT2D eigenvalue weighted by atomic mass is 9.83. The molecule has 112 valence electrons. The van der Waals surface area contributed by atoms with Crippen LogP contribution in [0.4, 0.5) is 0 Å². The van der Waals surface area contributed by atoms with E-state index in [-0.39, 0.29) is 5.41 Å². The van der Waals surface area contributed by atoms with Gasteiger partial charge in [-0.15, -0.1) is 0 Å². The van der Waals surface area contributed by atoms with Crippen molar-refractivity contribution in [3.05, 3.63) is 72.0 Å². The maximum absolute atomic E-state index is 4.55. The van der Waals surface area contributed by atoms with E-state index < -0.39 is 0 Å². The molecule has 0 saturated carbocycles. The summed E-state index contributed by atoms with van der Waals surface area (Å²) >= 11 is 0. The fraction of sp³-hybridized carbons (Fsp3) is 0.286. The summed E-state index contributed by atoms with van der Waals surface area (Å²) < 4.78 is 0. The summed E-state index contributed by atoms with van der Waals surface area (Å²) in [6.45, 7) is 17.3. The van der Waals surface area contributed by atoms with E-state index in [1.54, 1.807) is 0 Å². The first-order chi connectivity index (χ1) is 10.3. The number of pyridine rings is 1. The summed E-state index contributed by atoms with van der Waals surface area (Å²) in [6, 6.07) is 10.9. The molecule has 0 radical (unpaired) electrons. The lowest BCUT2D eigenvalue weighted by Gasteiger charge is -2.20. The molecule has 0 bridgehead atoms. The van der Waals surface area contributed by atoms with Gasteiger partial charge in [0.15, 0.2) is 0 Å². The molecular weight excluding hydrogens is 266 g/mol. The summed E-state index contributed by atoms with van der Waals surface area (Å²) in [5.74, 6) is 0.504. The second-order valence-electron chi connectivity index (χ2n) is 6.97. The van der Waals surface area contributed by atoms with Crippen molar-refractivity contribution in [3.8, 4) is 11.3 Å². The molecule has 1 aliphatic rings. The number of rotatable bonds is 2. The molecule has 3 rings (SSSR count). The first-order valence-electron chi connectivity index (χ1n) is 7.82. The lowest BCUT2D eigenvalue weighted by Crippen LogP contribution is -2.14. The minimum Gasteiger partial charge on any atom is -0.256 e. The fourth-order valence-corrected chi connectivity index (χ4v) is 3.16. The van der Waals surface area contributed by atoms with E-state index in [9.17, 15) is 0 Å². The zero-order valence-corrected chi connectivity index (χ0v) is 13.9. The van der Waals surface area contributed by atoms with Gasteiger partial charge >= 0.3 is 0 Å². The van der Waals surface area contributed by atoms with Crippen LogP contribution in [0.25, 0.3) is 16.8 Å². The van der Waals surface area contributed by atoms with Crippen molar-refractivity contribution >= 4 is 5.57 Å². The van der Waals surface area contributed by atoms with Crippen LogP contribution in [-0.4, -0.2) is 4.98 Å². The SMILES string of the molecule is C=C1C(=C)C(C)(C)c2ccc(-c3cc(C(C)C)ccn3)cc21. The van der Waals surface area contributed by atoms with E-state index in [2.05, 4.69) is 76.2 Å². The van der Waals surface area contributed by atoms with Crippen LogP contribution in [0, 0.1) is 0 Å². The van der Waals surface area contributed by atoms with E-state index in [0.717, 1.165) is 22.4 Å².